The fourth-order valence-corrected chi connectivity index (χ4v) is 3.69. The largest absolute Gasteiger partial charge is 0.497 e. The molecule has 0 aliphatic carbocycles. The summed E-state index contributed by atoms with van der Waals surface area (Å²) in [6, 6.07) is 21.3. The van der Waals surface area contributed by atoms with E-state index in [-0.39, 0.29) is 11.9 Å². The van der Waals surface area contributed by atoms with Crippen molar-refractivity contribution < 1.29 is 19.0 Å². The highest BCUT2D eigenvalue weighted by atomic mass is 16.5. The average Bonchev–Trinajstić information content (AvgIpc) is 2.85. The zero-order valence-corrected chi connectivity index (χ0v) is 18.3. The van der Waals surface area contributed by atoms with Gasteiger partial charge in [-0.3, -0.25) is 4.79 Å². The molecule has 0 atom stereocenters. The van der Waals surface area contributed by atoms with Crippen LogP contribution in [0.25, 0.3) is 11.3 Å². The van der Waals surface area contributed by atoms with Crippen molar-refractivity contribution in [3.8, 4) is 22.9 Å². The first kappa shape index (κ1) is 21.8. The Morgan fingerprint density at radius 3 is 2.72 bits per heavy atom. The van der Waals surface area contributed by atoms with Gasteiger partial charge in [0, 0.05) is 42.9 Å². The second kappa shape index (κ2) is 10.8. The van der Waals surface area contributed by atoms with Gasteiger partial charge in [-0.25, -0.2) is 4.98 Å². The number of methoxy groups -OCH3 is 1. The Kier molecular flexibility index (Phi) is 7.35. The molecule has 1 aliphatic rings. The maximum absolute atomic E-state index is 12.7. The smallest absolute Gasteiger partial charge is 0.251 e. The molecule has 1 N–H and O–H groups in total. The average molecular weight is 433 g/mol. The second-order valence-electron chi connectivity index (χ2n) is 7.75. The molecule has 1 saturated heterocycles. The number of nitrogens with zero attached hydrogens (tertiary/aromatic N) is 1. The molecule has 1 amide bonds. The van der Waals surface area contributed by atoms with Crippen molar-refractivity contribution in [1.29, 1.82) is 0 Å². The number of ether oxygens (including phenoxy) is 3. The summed E-state index contributed by atoms with van der Waals surface area (Å²) in [6.45, 7) is 1.90. The lowest BCUT2D eigenvalue weighted by atomic mass is 10.1. The highest BCUT2D eigenvalue weighted by molar-refractivity contribution is 5.95. The first-order valence-corrected chi connectivity index (χ1v) is 10.9. The summed E-state index contributed by atoms with van der Waals surface area (Å²) >= 11 is 0. The van der Waals surface area contributed by atoms with Gasteiger partial charge in [-0.1, -0.05) is 30.3 Å². The lowest BCUT2D eigenvalue weighted by molar-refractivity contribution is 0.0696. The molecule has 1 aliphatic heterocycles. The third-order valence-electron chi connectivity index (χ3n) is 5.48. The van der Waals surface area contributed by atoms with Crippen LogP contribution < -0.4 is 14.8 Å². The number of hydrogen-bond donors (Lipinski definition) is 1. The molecule has 2 heterocycles. The van der Waals surface area contributed by atoms with Crippen LogP contribution in [0.2, 0.25) is 0 Å². The van der Waals surface area contributed by atoms with E-state index in [1.807, 2.05) is 66.7 Å². The van der Waals surface area contributed by atoms with Gasteiger partial charge in [0.1, 0.15) is 5.75 Å². The van der Waals surface area contributed by atoms with Gasteiger partial charge in [0.2, 0.25) is 5.88 Å². The van der Waals surface area contributed by atoms with Gasteiger partial charge >= 0.3 is 0 Å². The number of pyridine rings is 1. The van der Waals surface area contributed by atoms with Crippen LogP contribution in [0.5, 0.6) is 11.6 Å². The molecule has 1 fully saturated rings. The minimum Gasteiger partial charge on any atom is -0.497 e. The molecule has 1 aromatic heterocycles. The minimum absolute atomic E-state index is 0.0653. The molecule has 0 unspecified atom stereocenters. The van der Waals surface area contributed by atoms with Crippen molar-refractivity contribution in [3.63, 3.8) is 0 Å². The number of carbonyl (C=O) groups excluding carboxylic acids is 1. The Morgan fingerprint density at radius 2 is 1.88 bits per heavy atom. The van der Waals surface area contributed by atoms with Crippen molar-refractivity contribution in [2.24, 2.45) is 0 Å². The van der Waals surface area contributed by atoms with Gasteiger partial charge in [-0.2, -0.15) is 0 Å². The van der Waals surface area contributed by atoms with Crippen LogP contribution >= 0.6 is 0 Å². The van der Waals surface area contributed by atoms with Crippen LogP contribution in [-0.4, -0.2) is 43.9 Å². The molecule has 0 saturated carbocycles. The topological polar surface area (TPSA) is 69.7 Å². The molecule has 6 nitrogen and oxygen atoms in total. The third-order valence-corrected chi connectivity index (χ3v) is 5.48. The second-order valence-corrected chi connectivity index (χ2v) is 7.75. The summed E-state index contributed by atoms with van der Waals surface area (Å²) < 4.78 is 16.5. The maximum atomic E-state index is 12.7. The van der Waals surface area contributed by atoms with E-state index in [1.54, 1.807) is 7.11 Å². The van der Waals surface area contributed by atoms with E-state index in [4.69, 9.17) is 14.2 Å². The normalized spacial score (nSPS) is 14.0. The number of amides is 1. The number of nitrogens with one attached hydrogen (secondary N) is 1. The summed E-state index contributed by atoms with van der Waals surface area (Å²) in [4.78, 5) is 17.3. The molecule has 0 radical (unpaired) electrons. The molecule has 3 aromatic rings. The van der Waals surface area contributed by atoms with E-state index >= 15 is 0 Å². The van der Waals surface area contributed by atoms with Crippen molar-refractivity contribution in [2.75, 3.05) is 26.9 Å². The van der Waals surface area contributed by atoms with Gasteiger partial charge < -0.3 is 19.5 Å². The van der Waals surface area contributed by atoms with Crippen LogP contribution in [0.4, 0.5) is 0 Å². The van der Waals surface area contributed by atoms with Crippen LogP contribution in [-0.2, 0) is 11.2 Å². The SMILES string of the molecule is COc1cccc(CCOc2cccc(-c3cccc(C(=O)NC4CCOCC4)c3)n2)c1. The maximum Gasteiger partial charge on any atom is 0.251 e. The van der Waals surface area contributed by atoms with Crippen LogP contribution in [0, 0.1) is 0 Å². The first-order chi connectivity index (χ1) is 15.7. The Morgan fingerprint density at radius 1 is 1.06 bits per heavy atom. The van der Waals surface area contributed by atoms with Crippen LogP contribution in [0.15, 0.2) is 66.7 Å². The molecule has 166 valence electrons. The number of rotatable bonds is 8. The molecular formula is C26H28N2O4. The van der Waals surface area contributed by atoms with Crippen LogP contribution in [0.3, 0.4) is 0 Å². The van der Waals surface area contributed by atoms with E-state index in [0.29, 0.717) is 31.3 Å². The van der Waals surface area contributed by atoms with Gasteiger partial charge in [0.25, 0.3) is 5.91 Å². The summed E-state index contributed by atoms with van der Waals surface area (Å²) in [7, 11) is 1.66. The number of hydrogen-bond acceptors (Lipinski definition) is 5. The fourth-order valence-electron chi connectivity index (χ4n) is 3.69. The highest BCUT2D eigenvalue weighted by Crippen LogP contribution is 2.22. The number of benzene rings is 2. The number of aromatic nitrogens is 1. The molecule has 2 aromatic carbocycles. The lowest BCUT2D eigenvalue weighted by Gasteiger charge is -2.23. The van der Waals surface area contributed by atoms with Gasteiger partial charge in [-0.15, -0.1) is 0 Å². The third kappa shape index (κ3) is 5.86. The van der Waals surface area contributed by atoms with Crippen molar-refractivity contribution in [1.82, 2.24) is 10.3 Å². The highest BCUT2D eigenvalue weighted by Gasteiger charge is 2.17. The molecule has 32 heavy (non-hydrogen) atoms. The molecular weight excluding hydrogens is 404 g/mol. The Balaban J connectivity index is 1.39. The van der Waals surface area contributed by atoms with Gasteiger partial charge in [0.15, 0.2) is 0 Å². The Labute approximate surface area is 188 Å². The first-order valence-electron chi connectivity index (χ1n) is 10.9. The van der Waals surface area contributed by atoms with Gasteiger partial charge in [-0.05, 0) is 48.7 Å². The predicted molar refractivity (Wildman–Crippen MR) is 123 cm³/mol. The zero-order valence-electron chi connectivity index (χ0n) is 18.3. The monoisotopic (exact) mass is 432 g/mol. The molecule has 0 spiro atoms. The van der Waals surface area contributed by atoms with Gasteiger partial charge in [0.05, 0.1) is 19.4 Å². The minimum atomic E-state index is -0.0653. The number of carbonyl (C=O) groups is 1. The molecule has 6 heteroatoms. The molecule has 4 rings (SSSR count). The van der Waals surface area contributed by atoms with E-state index in [1.165, 1.54) is 0 Å². The van der Waals surface area contributed by atoms with E-state index in [0.717, 1.165) is 41.8 Å². The fraction of sp³-hybridized carbons (Fsp3) is 0.308. The van der Waals surface area contributed by atoms with Crippen LogP contribution in [0.1, 0.15) is 28.8 Å². The van der Waals surface area contributed by atoms with Crippen molar-refractivity contribution in [2.45, 2.75) is 25.3 Å². The van der Waals surface area contributed by atoms with E-state index < -0.39 is 0 Å². The van der Waals surface area contributed by atoms with Crippen molar-refractivity contribution >= 4 is 5.91 Å². The summed E-state index contributed by atoms with van der Waals surface area (Å²) in [5.74, 6) is 1.33. The van der Waals surface area contributed by atoms with Crippen molar-refractivity contribution in [3.05, 3.63) is 77.9 Å². The summed E-state index contributed by atoms with van der Waals surface area (Å²) in [5, 5.41) is 3.10. The zero-order chi connectivity index (χ0) is 22.2. The Bertz CT molecular complexity index is 1050. The summed E-state index contributed by atoms with van der Waals surface area (Å²) in [5.41, 5.74) is 3.41. The van der Waals surface area contributed by atoms with E-state index in [9.17, 15) is 4.79 Å². The summed E-state index contributed by atoms with van der Waals surface area (Å²) in [6.07, 6.45) is 2.45. The lowest BCUT2D eigenvalue weighted by Crippen LogP contribution is -2.38. The quantitative estimate of drug-likeness (QED) is 0.575. The predicted octanol–water partition coefficient (Wildman–Crippen LogP) is 4.29. The van der Waals surface area contributed by atoms with E-state index in [2.05, 4.69) is 10.3 Å². The molecule has 0 bridgehead atoms. The Hall–Kier alpha value is -3.38. The standard InChI is InChI=1S/C26H28N2O4/c1-30-23-8-2-5-19(17-23)11-16-32-25-10-4-9-24(28-25)20-6-3-7-21(18-20)26(29)27-22-12-14-31-15-13-22/h2-10,17-18,22H,11-16H2,1H3,(H,27,29).